The molecular weight excluding hydrogens is 220 g/mol. The van der Waals surface area contributed by atoms with Gasteiger partial charge < -0.3 is 5.73 Å². The van der Waals surface area contributed by atoms with Crippen LogP contribution in [0.4, 0.5) is 0 Å². The van der Waals surface area contributed by atoms with Crippen LogP contribution in [0.3, 0.4) is 0 Å². The van der Waals surface area contributed by atoms with E-state index in [1.165, 1.54) is 45.2 Å². The average Bonchev–Trinajstić information content (AvgIpc) is 2.84. The molecular formula is C16H24N2. The molecule has 1 heterocycles. The highest BCUT2D eigenvalue weighted by Gasteiger charge is 2.30. The fraction of sp³-hybridized carbons (Fsp3) is 0.625. The Morgan fingerprint density at radius 1 is 1.11 bits per heavy atom. The first kappa shape index (κ1) is 12.2. The number of piperidine rings is 1. The molecule has 1 atom stereocenters. The zero-order valence-corrected chi connectivity index (χ0v) is 11.1. The van der Waals surface area contributed by atoms with Gasteiger partial charge in [-0.05, 0) is 68.8 Å². The van der Waals surface area contributed by atoms with Crippen molar-refractivity contribution in [3.63, 3.8) is 0 Å². The topological polar surface area (TPSA) is 29.3 Å². The maximum absolute atomic E-state index is 5.67. The largest absolute Gasteiger partial charge is 0.330 e. The summed E-state index contributed by atoms with van der Waals surface area (Å²) in [6, 6.07) is 9.70. The molecule has 0 radical (unpaired) electrons. The molecule has 0 bridgehead atoms. The number of likely N-dealkylation sites (tertiary alicyclic amines) is 1. The predicted octanol–water partition coefficient (Wildman–Crippen LogP) is 2.73. The van der Waals surface area contributed by atoms with Gasteiger partial charge in [-0.2, -0.15) is 0 Å². The zero-order chi connectivity index (χ0) is 12.4. The van der Waals surface area contributed by atoms with Crippen LogP contribution in [0.15, 0.2) is 24.3 Å². The summed E-state index contributed by atoms with van der Waals surface area (Å²) in [5.74, 6) is 0.878. The Labute approximate surface area is 110 Å². The summed E-state index contributed by atoms with van der Waals surface area (Å²) in [5, 5.41) is 0. The van der Waals surface area contributed by atoms with Crippen LogP contribution in [0, 0.1) is 5.92 Å². The van der Waals surface area contributed by atoms with Crippen LogP contribution in [-0.4, -0.2) is 24.5 Å². The van der Waals surface area contributed by atoms with Gasteiger partial charge in [0.05, 0.1) is 0 Å². The van der Waals surface area contributed by atoms with Gasteiger partial charge in [-0.3, -0.25) is 4.90 Å². The highest BCUT2D eigenvalue weighted by Crippen LogP contribution is 2.37. The number of rotatable bonds is 3. The van der Waals surface area contributed by atoms with Crippen molar-refractivity contribution in [2.24, 2.45) is 11.7 Å². The molecule has 2 N–H and O–H groups in total. The van der Waals surface area contributed by atoms with Crippen LogP contribution in [0.5, 0.6) is 0 Å². The molecule has 0 amide bonds. The second-order valence-corrected chi connectivity index (χ2v) is 5.81. The Kier molecular flexibility index (Phi) is 3.67. The molecule has 1 aliphatic carbocycles. The van der Waals surface area contributed by atoms with Crippen molar-refractivity contribution < 1.29 is 0 Å². The van der Waals surface area contributed by atoms with Crippen molar-refractivity contribution in [1.29, 1.82) is 0 Å². The summed E-state index contributed by atoms with van der Waals surface area (Å²) in [7, 11) is 0. The average molecular weight is 244 g/mol. The third-order valence-corrected chi connectivity index (χ3v) is 4.77. The normalized spacial score (nSPS) is 25.3. The maximum Gasteiger partial charge on any atom is 0.0354 e. The number of nitrogens with zero attached hydrogens (tertiary/aromatic N) is 1. The predicted molar refractivity (Wildman–Crippen MR) is 75.5 cm³/mol. The third kappa shape index (κ3) is 2.32. The van der Waals surface area contributed by atoms with Crippen LogP contribution in [0.2, 0.25) is 0 Å². The molecule has 18 heavy (non-hydrogen) atoms. The number of hydrogen-bond donors (Lipinski definition) is 1. The van der Waals surface area contributed by atoms with Gasteiger partial charge in [0.25, 0.3) is 0 Å². The zero-order valence-electron chi connectivity index (χ0n) is 11.1. The Morgan fingerprint density at radius 2 is 1.89 bits per heavy atom. The summed E-state index contributed by atoms with van der Waals surface area (Å²) in [6.45, 7) is 3.39. The Hall–Kier alpha value is -0.860. The van der Waals surface area contributed by atoms with Crippen molar-refractivity contribution in [2.45, 2.75) is 38.1 Å². The second kappa shape index (κ2) is 5.41. The summed E-state index contributed by atoms with van der Waals surface area (Å²) in [6.07, 6.45) is 6.49. The number of aryl methyl sites for hydroxylation is 1. The van der Waals surface area contributed by atoms with Gasteiger partial charge in [0.15, 0.2) is 0 Å². The van der Waals surface area contributed by atoms with E-state index >= 15 is 0 Å². The minimum atomic E-state index is 0.694. The molecule has 1 aromatic rings. The number of fused-ring (bicyclic) bond motifs is 1. The molecule has 2 heteroatoms. The summed E-state index contributed by atoms with van der Waals surface area (Å²) in [4.78, 5) is 2.71. The Balaban J connectivity index is 1.64. The fourth-order valence-electron chi connectivity index (χ4n) is 3.70. The van der Waals surface area contributed by atoms with Crippen LogP contribution in [0.25, 0.3) is 0 Å². The molecule has 1 aliphatic heterocycles. The van der Waals surface area contributed by atoms with Gasteiger partial charge >= 0.3 is 0 Å². The summed E-state index contributed by atoms with van der Waals surface area (Å²) in [5.41, 5.74) is 8.83. The van der Waals surface area contributed by atoms with E-state index in [1.54, 1.807) is 11.1 Å². The SMILES string of the molecule is NCCC1CCN(C2CCc3ccccc32)CC1. The van der Waals surface area contributed by atoms with Gasteiger partial charge in [0.2, 0.25) is 0 Å². The molecule has 1 aromatic carbocycles. The van der Waals surface area contributed by atoms with Crippen molar-refractivity contribution >= 4 is 0 Å². The van der Waals surface area contributed by atoms with Gasteiger partial charge in [0, 0.05) is 6.04 Å². The van der Waals surface area contributed by atoms with E-state index in [0.717, 1.165) is 12.5 Å². The molecule has 1 unspecified atom stereocenters. The lowest BCUT2D eigenvalue weighted by atomic mass is 9.92. The van der Waals surface area contributed by atoms with Crippen LogP contribution >= 0.6 is 0 Å². The number of benzene rings is 1. The minimum Gasteiger partial charge on any atom is -0.330 e. The third-order valence-electron chi connectivity index (χ3n) is 4.77. The van der Waals surface area contributed by atoms with E-state index in [2.05, 4.69) is 29.2 Å². The van der Waals surface area contributed by atoms with Gasteiger partial charge in [0.1, 0.15) is 0 Å². The standard InChI is InChI=1S/C16H24N2/c17-10-7-13-8-11-18(12-9-13)16-6-5-14-3-1-2-4-15(14)16/h1-4,13,16H,5-12,17H2. The van der Waals surface area contributed by atoms with E-state index in [-0.39, 0.29) is 0 Å². The van der Waals surface area contributed by atoms with E-state index in [4.69, 9.17) is 5.73 Å². The lowest BCUT2D eigenvalue weighted by Gasteiger charge is -2.36. The van der Waals surface area contributed by atoms with Crippen molar-refractivity contribution in [3.05, 3.63) is 35.4 Å². The number of nitrogens with two attached hydrogens (primary N) is 1. The smallest absolute Gasteiger partial charge is 0.0354 e. The quantitative estimate of drug-likeness (QED) is 0.886. The van der Waals surface area contributed by atoms with E-state index < -0.39 is 0 Å². The van der Waals surface area contributed by atoms with E-state index in [1.807, 2.05) is 0 Å². The summed E-state index contributed by atoms with van der Waals surface area (Å²) < 4.78 is 0. The van der Waals surface area contributed by atoms with Crippen molar-refractivity contribution in [2.75, 3.05) is 19.6 Å². The maximum atomic E-state index is 5.67. The molecule has 2 nitrogen and oxygen atoms in total. The Bertz CT molecular complexity index is 394. The van der Waals surface area contributed by atoms with E-state index in [0.29, 0.717) is 6.04 Å². The molecule has 1 fully saturated rings. The van der Waals surface area contributed by atoms with Gasteiger partial charge in [-0.15, -0.1) is 0 Å². The summed E-state index contributed by atoms with van der Waals surface area (Å²) >= 11 is 0. The monoisotopic (exact) mass is 244 g/mol. The second-order valence-electron chi connectivity index (χ2n) is 5.81. The highest BCUT2D eigenvalue weighted by molar-refractivity contribution is 5.34. The highest BCUT2D eigenvalue weighted by atomic mass is 15.2. The van der Waals surface area contributed by atoms with E-state index in [9.17, 15) is 0 Å². The van der Waals surface area contributed by atoms with Crippen molar-refractivity contribution in [1.82, 2.24) is 4.90 Å². The Morgan fingerprint density at radius 3 is 2.67 bits per heavy atom. The first-order valence-electron chi connectivity index (χ1n) is 7.40. The first-order chi connectivity index (χ1) is 8.88. The molecule has 1 saturated heterocycles. The molecule has 3 rings (SSSR count). The molecule has 0 saturated carbocycles. The van der Waals surface area contributed by atoms with Crippen LogP contribution < -0.4 is 5.73 Å². The van der Waals surface area contributed by atoms with Crippen LogP contribution in [0.1, 0.15) is 42.9 Å². The minimum absolute atomic E-state index is 0.694. The molecule has 0 aromatic heterocycles. The lowest BCUT2D eigenvalue weighted by Crippen LogP contribution is -2.36. The van der Waals surface area contributed by atoms with Gasteiger partial charge in [-0.25, -0.2) is 0 Å². The molecule has 2 aliphatic rings. The molecule has 98 valence electrons. The van der Waals surface area contributed by atoms with Gasteiger partial charge in [-0.1, -0.05) is 24.3 Å². The molecule has 0 spiro atoms. The lowest BCUT2D eigenvalue weighted by molar-refractivity contribution is 0.129. The first-order valence-corrected chi connectivity index (χ1v) is 7.40. The van der Waals surface area contributed by atoms with Crippen LogP contribution in [-0.2, 0) is 6.42 Å². The number of hydrogen-bond acceptors (Lipinski definition) is 2. The van der Waals surface area contributed by atoms with Crippen molar-refractivity contribution in [3.8, 4) is 0 Å². The fourth-order valence-corrected chi connectivity index (χ4v) is 3.70.